The molecule has 1 N–H and O–H groups in total. The Morgan fingerprint density at radius 3 is 2.80 bits per heavy atom. The minimum absolute atomic E-state index is 0.192. The van der Waals surface area contributed by atoms with Gasteiger partial charge in [-0.1, -0.05) is 23.7 Å². The predicted molar refractivity (Wildman–Crippen MR) is 60.4 cm³/mol. The van der Waals surface area contributed by atoms with Gasteiger partial charge in [0.15, 0.2) is 5.58 Å². The van der Waals surface area contributed by atoms with E-state index in [1.807, 2.05) is 18.2 Å². The zero-order valence-electron chi connectivity index (χ0n) is 7.70. The van der Waals surface area contributed by atoms with Gasteiger partial charge in [-0.15, -0.1) is 0 Å². The van der Waals surface area contributed by atoms with Gasteiger partial charge in [0.1, 0.15) is 11.3 Å². The molecule has 0 saturated heterocycles. The molecule has 0 aliphatic rings. The van der Waals surface area contributed by atoms with Crippen LogP contribution in [0.5, 0.6) is 5.75 Å². The van der Waals surface area contributed by atoms with E-state index in [2.05, 4.69) is 0 Å². The number of para-hydroxylation sites is 1. The Hall–Kier alpha value is -1.67. The van der Waals surface area contributed by atoms with Gasteiger partial charge in [-0.3, -0.25) is 0 Å². The summed E-state index contributed by atoms with van der Waals surface area (Å²) in [5.41, 5.74) is 1.32. The van der Waals surface area contributed by atoms with Gasteiger partial charge < -0.3 is 9.52 Å². The Morgan fingerprint density at radius 2 is 1.93 bits per heavy atom. The van der Waals surface area contributed by atoms with Crippen LogP contribution in [-0.4, -0.2) is 5.11 Å². The molecule has 2 nitrogen and oxygen atoms in total. The van der Waals surface area contributed by atoms with Gasteiger partial charge in [-0.25, -0.2) is 0 Å². The number of benzene rings is 2. The molecule has 3 rings (SSSR count). The van der Waals surface area contributed by atoms with Crippen molar-refractivity contribution in [2.24, 2.45) is 0 Å². The highest BCUT2D eigenvalue weighted by Gasteiger charge is 2.09. The van der Waals surface area contributed by atoms with E-state index in [9.17, 15) is 5.11 Å². The summed E-state index contributed by atoms with van der Waals surface area (Å²) in [5, 5.41) is 11.9. The zero-order valence-corrected chi connectivity index (χ0v) is 8.45. The second-order valence-corrected chi connectivity index (χ2v) is 3.81. The van der Waals surface area contributed by atoms with Crippen molar-refractivity contribution in [3.05, 3.63) is 41.4 Å². The Bertz CT molecular complexity index is 655. The van der Waals surface area contributed by atoms with Crippen LogP contribution in [0.1, 0.15) is 0 Å². The van der Waals surface area contributed by atoms with Gasteiger partial charge in [0.05, 0.1) is 5.02 Å². The minimum atomic E-state index is 0.192. The van der Waals surface area contributed by atoms with Crippen LogP contribution in [0.15, 0.2) is 40.8 Å². The minimum Gasteiger partial charge on any atom is -0.508 e. The average molecular weight is 219 g/mol. The van der Waals surface area contributed by atoms with Crippen molar-refractivity contribution in [1.29, 1.82) is 0 Å². The van der Waals surface area contributed by atoms with Crippen molar-refractivity contribution in [2.45, 2.75) is 0 Å². The number of rotatable bonds is 0. The zero-order chi connectivity index (χ0) is 10.4. The molecule has 0 spiro atoms. The first kappa shape index (κ1) is 8.62. The van der Waals surface area contributed by atoms with Crippen LogP contribution in [0, 0.1) is 0 Å². The van der Waals surface area contributed by atoms with Crippen molar-refractivity contribution >= 4 is 33.5 Å². The largest absolute Gasteiger partial charge is 0.508 e. The number of fused-ring (bicyclic) bond motifs is 3. The van der Waals surface area contributed by atoms with E-state index in [-0.39, 0.29) is 5.75 Å². The Labute approximate surface area is 90.7 Å². The van der Waals surface area contributed by atoms with Crippen LogP contribution in [0.4, 0.5) is 0 Å². The molecule has 0 unspecified atom stereocenters. The van der Waals surface area contributed by atoms with Crippen LogP contribution in [0.2, 0.25) is 5.02 Å². The fourth-order valence-electron chi connectivity index (χ4n) is 1.75. The number of phenols is 1. The molecule has 1 aromatic heterocycles. The molecular formula is C12H7ClO2. The molecule has 1 heterocycles. The van der Waals surface area contributed by atoms with Gasteiger partial charge in [0.2, 0.25) is 0 Å². The number of furan rings is 1. The first-order chi connectivity index (χ1) is 7.25. The third-order valence-electron chi connectivity index (χ3n) is 2.43. The number of hydrogen-bond donors (Lipinski definition) is 1. The first-order valence-corrected chi connectivity index (χ1v) is 4.93. The fraction of sp³-hybridized carbons (Fsp3) is 0. The second-order valence-electron chi connectivity index (χ2n) is 3.40. The highest BCUT2D eigenvalue weighted by atomic mass is 35.5. The Balaban J connectivity index is 2.57. The quantitative estimate of drug-likeness (QED) is 0.620. The summed E-state index contributed by atoms with van der Waals surface area (Å²) in [5.74, 6) is 0.192. The molecule has 0 saturated carbocycles. The van der Waals surface area contributed by atoms with Crippen LogP contribution < -0.4 is 0 Å². The van der Waals surface area contributed by atoms with Gasteiger partial charge in [-0.2, -0.15) is 0 Å². The molecule has 74 valence electrons. The summed E-state index contributed by atoms with van der Waals surface area (Å²) >= 11 is 6.01. The van der Waals surface area contributed by atoms with Crippen molar-refractivity contribution in [1.82, 2.24) is 0 Å². The third kappa shape index (κ3) is 1.18. The summed E-state index contributed by atoms with van der Waals surface area (Å²) in [7, 11) is 0. The normalized spacial score (nSPS) is 11.3. The lowest BCUT2D eigenvalue weighted by molar-refractivity contribution is 0.475. The van der Waals surface area contributed by atoms with Gasteiger partial charge in [0, 0.05) is 16.8 Å². The van der Waals surface area contributed by atoms with E-state index >= 15 is 0 Å². The maximum Gasteiger partial charge on any atom is 0.153 e. The SMILES string of the molecule is Oc1ccc2c(c1)oc1c(Cl)cccc12. The average Bonchev–Trinajstić information content (AvgIpc) is 2.57. The van der Waals surface area contributed by atoms with E-state index in [0.29, 0.717) is 16.2 Å². The van der Waals surface area contributed by atoms with E-state index in [1.54, 1.807) is 18.2 Å². The Kier molecular flexibility index (Phi) is 1.67. The van der Waals surface area contributed by atoms with Gasteiger partial charge in [-0.05, 0) is 18.2 Å². The molecule has 15 heavy (non-hydrogen) atoms. The molecule has 0 fully saturated rings. The number of halogens is 1. The topological polar surface area (TPSA) is 33.4 Å². The van der Waals surface area contributed by atoms with Crippen molar-refractivity contribution in [3.63, 3.8) is 0 Å². The van der Waals surface area contributed by atoms with E-state index < -0.39 is 0 Å². The van der Waals surface area contributed by atoms with Crippen LogP contribution >= 0.6 is 11.6 Å². The van der Waals surface area contributed by atoms with E-state index in [0.717, 1.165) is 10.8 Å². The maximum atomic E-state index is 9.33. The molecule has 0 aliphatic carbocycles. The summed E-state index contributed by atoms with van der Waals surface area (Å²) < 4.78 is 5.57. The lowest BCUT2D eigenvalue weighted by Crippen LogP contribution is -1.67. The van der Waals surface area contributed by atoms with Crippen LogP contribution in [0.25, 0.3) is 21.9 Å². The molecule has 0 bridgehead atoms. The lowest BCUT2D eigenvalue weighted by atomic mass is 10.1. The van der Waals surface area contributed by atoms with Gasteiger partial charge >= 0.3 is 0 Å². The maximum absolute atomic E-state index is 9.33. The van der Waals surface area contributed by atoms with Crippen molar-refractivity contribution < 1.29 is 9.52 Å². The summed E-state index contributed by atoms with van der Waals surface area (Å²) in [6.07, 6.45) is 0. The smallest absolute Gasteiger partial charge is 0.153 e. The molecule has 3 aromatic rings. The van der Waals surface area contributed by atoms with Crippen LogP contribution in [-0.2, 0) is 0 Å². The van der Waals surface area contributed by atoms with Crippen LogP contribution in [0.3, 0.4) is 0 Å². The van der Waals surface area contributed by atoms with E-state index in [4.69, 9.17) is 16.0 Å². The summed E-state index contributed by atoms with van der Waals surface area (Å²) in [4.78, 5) is 0. The highest BCUT2D eigenvalue weighted by molar-refractivity contribution is 6.35. The second kappa shape index (κ2) is 2.91. The molecule has 0 radical (unpaired) electrons. The number of aromatic hydroxyl groups is 1. The molecular weight excluding hydrogens is 212 g/mol. The van der Waals surface area contributed by atoms with Gasteiger partial charge in [0.25, 0.3) is 0 Å². The molecule has 3 heteroatoms. The Morgan fingerprint density at radius 1 is 1.07 bits per heavy atom. The fourth-order valence-corrected chi connectivity index (χ4v) is 1.97. The standard InChI is InChI=1S/C12H7ClO2/c13-10-3-1-2-9-8-5-4-7(14)6-11(8)15-12(9)10/h1-6,14H. The molecule has 0 aliphatic heterocycles. The third-order valence-corrected chi connectivity index (χ3v) is 2.73. The highest BCUT2D eigenvalue weighted by Crippen LogP contribution is 2.34. The molecule has 0 atom stereocenters. The summed E-state index contributed by atoms with van der Waals surface area (Å²) in [6, 6.07) is 10.7. The predicted octanol–water partition coefficient (Wildman–Crippen LogP) is 3.95. The molecule has 0 amide bonds. The van der Waals surface area contributed by atoms with Crippen molar-refractivity contribution in [2.75, 3.05) is 0 Å². The summed E-state index contributed by atoms with van der Waals surface area (Å²) in [6.45, 7) is 0. The lowest BCUT2D eigenvalue weighted by Gasteiger charge is -1.90. The number of hydrogen-bond acceptors (Lipinski definition) is 2. The number of phenolic OH excluding ortho intramolecular Hbond substituents is 1. The first-order valence-electron chi connectivity index (χ1n) is 4.55. The molecule has 2 aromatic carbocycles. The van der Waals surface area contributed by atoms with E-state index in [1.165, 1.54) is 0 Å². The van der Waals surface area contributed by atoms with Crippen molar-refractivity contribution in [3.8, 4) is 5.75 Å². The monoisotopic (exact) mass is 218 g/mol.